The fraction of sp³-hybridized carbons (Fsp3) is 0.824. The van der Waals surface area contributed by atoms with Crippen LogP contribution in [0, 0.1) is 0 Å². The van der Waals surface area contributed by atoms with Gasteiger partial charge in [-0.1, -0.05) is 25.5 Å². The van der Waals surface area contributed by atoms with Crippen LogP contribution >= 0.6 is 0 Å². The Labute approximate surface area is 125 Å². The first kappa shape index (κ1) is 17.1. The Morgan fingerprint density at radius 2 is 1.55 bits per heavy atom. The molecule has 0 spiro atoms. The van der Waals surface area contributed by atoms with E-state index in [0.717, 1.165) is 18.4 Å². The second-order valence-electron chi connectivity index (χ2n) is 8.01. The van der Waals surface area contributed by atoms with Gasteiger partial charge in [-0.2, -0.15) is 0 Å². The average Bonchev–Trinajstić information content (AvgIpc) is 2.50. The van der Waals surface area contributed by atoms with E-state index < -0.39 is 0 Å². The minimum atomic E-state index is -0.188. The molecule has 2 atom stereocenters. The molecule has 3 nitrogen and oxygen atoms in total. The number of hydrogen-bond acceptors (Lipinski definition) is 1. The monoisotopic (exact) mass is 280 g/mol. The Morgan fingerprint density at radius 3 is 1.85 bits per heavy atom. The van der Waals surface area contributed by atoms with Crippen molar-refractivity contribution >= 4 is 6.03 Å². The maximum Gasteiger partial charge on any atom is 0.321 e. The Hall–Kier alpha value is -0.990. The molecule has 3 heteroatoms. The first-order chi connectivity index (χ1) is 8.92. The van der Waals surface area contributed by atoms with Crippen molar-refractivity contribution in [3.63, 3.8) is 0 Å². The molecule has 1 aliphatic rings. The third kappa shape index (κ3) is 3.02. The highest BCUT2D eigenvalue weighted by Gasteiger charge is 2.52. The van der Waals surface area contributed by atoms with Gasteiger partial charge in [0.15, 0.2) is 0 Å². The summed E-state index contributed by atoms with van der Waals surface area (Å²) < 4.78 is 0. The summed E-state index contributed by atoms with van der Waals surface area (Å²) in [4.78, 5) is 17.1. The fourth-order valence-corrected chi connectivity index (χ4v) is 3.31. The van der Waals surface area contributed by atoms with Crippen molar-refractivity contribution in [3.05, 3.63) is 12.2 Å². The summed E-state index contributed by atoms with van der Waals surface area (Å²) in [5, 5.41) is 0. The molecule has 0 unspecified atom stereocenters. The van der Waals surface area contributed by atoms with Crippen molar-refractivity contribution in [2.45, 2.75) is 91.4 Å². The standard InChI is InChI=1S/C17H32N2O/c1-10-11-13-14(12(2)3)19(17(7,8)9)15(20)18(13)16(4,5)6/h13-14H,2,10-11H2,1,3-9H3/t13-,14-/m1/s1. The molecule has 0 aromatic heterocycles. The molecule has 1 saturated heterocycles. The fourth-order valence-electron chi connectivity index (χ4n) is 3.31. The lowest BCUT2D eigenvalue weighted by Crippen LogP contribution is -2.50. The van der Waals surface area contributed by atoms with E-state index in [1.54, 1.807) is 0 Å². The highest BCUT2D eigenvalue weighted by molar-refractivity contribution is 5.80. The van der Waals surface area contributed by atoms with Gasteiger partial charge < -0.3 is 9.80 Å². The van der Waals surface area contributed by atoms with Crippen LogP contribution in [0.3, 0.4) is 0 Å². The molecular formula is C17H32N2O. The minimum absolute atomic E-state index is 0.113. The zero-order valence-electron chi connectivity index (χ0n) is 14.6. The Kier molecular flexibility index (Phi) is 4.62. The van der Waals surface area contributed by atoms with Crippen molar-refractivity contribution in [3.8, 4) is 0 Å². The van der Waals surface area contributed by atoms with Crippen molar-refractivity contribution in [2.24, 2.45) is 0 Å². The lowest BCUT2D eigenvalue weighted by atomic mass is 9.92. The maximum atomic E-state index is 13.0. The summed E-state index contributed by atoms with van der Waals surface area (Å²) in [6, 6.07) is 0.488. The van der Waals surface area contributed by atoms with E-state index in [2.05, 4.69) is 59.9 Å². The van der Waals surface area contributed by atoms with Gasteiger partial charge in [-0.15, -0.1) is 0 Å². The average molecular weight is 280 g/mol. The SMILES string of the molecule is C=C(C)[C@@H]1[C@@H](CCC)N(C(C)(C)C)C(=O)N1C(C)(C)C. The predicted octanol–water partition coefficient (Wildman–Crippen LogP) is 4.43. The van der Waals surface area contributed by atoms with Crippen LogP contribution in [0.25, 0.3) is 0 Å². The van der Waals surface area contributed by atoms with Crippen LogP contribution in [0.15, 0.2) is 12.2 Å². The van der Waals surface area contributed by atoms with Gasteiger partial charge in [0, 0.05) is 11.1 Å². The van der Waals surface area contributed by atoms with Gasteiger partial charge in [0.25, 0.3) is 0 Å². The molecular weight excluding hydrogens is 248 g/mol. The van der Waals surface area contributed by atoms with E-state index >= 15 is 0 Å². The number of carbonyl (C=O) groups excluding carboxylic acids is 1. The van der Waals surface area contributed by atoms with E-state index in [1.807, 2.05) is 11.8 Å². The second kappa shape index (κ2) is 5.42. The number of urea groups is 1. The summed E-state index contributed by atoms with van der Waals surface area (Å²) >= 11 is 0. The van der Waals surface area contributed by atoms with Gasteiger partial charge in [0.1, 0.15) is 0 Å². The molecule has 1 rings (SSSR count). The summed E-state index contributed by atoms with van der Waals surface area (Å²) in [7, 11) is 0. The molecule has 0 aliphatic carbocycles. The molecule has 0 N–H and O–H groups in total. The lowest BCUT2D eigenvalue weighted by Gasteiger charge is -2.37. The zero-order valence-corrected chi connectivity index (χ0v) is 14.6. The minimum Gasteiger partial charge on any atom is -0.314 e. The molecule has 20 heavy (non-hydrogen) atoms. The van der Waals surface area contributed by atoms with Crippen LogP contribution < -0.4 is 0 Å². The topological polar surface area (TPSA) is 23.6 Å². The summed E-state index contributed by atoms with van der Waals surface area (Å²) in [5.41, 5.74) is 0.732. The summed E-state index contributed by atoms with van der Waals surface area (Å²) in [5.74, 6) is 0. The highest BCUT2D eigenvalue weighted by atomic mass is 16.2. The maximum absolute atomic E-state index is 13.0. The molecule has 1 aliphatic heterocycles. The molecule has 0 aromatic rings. The van der Waals surface area contributed by atoms with E-state index in [0.29, 0.717) is 0 Å². The third-order valence-corrected chi connectivity index (χ3v) is 3.92. The first-order valence-electron chi connectivity index (χ1n) is 7.71. The molecule has 0 radical (unpaired) electrons. The van der Waals surface area contributed by atoms with E-state index in [4.69, 9.17) is 0 Å². The Bertz CT molecular complexity index is 387. The smallest absolute Gasteiger partial charge is 0.314 e. The second-order valence-corrected chi connectivity index (χ2v) is 8.01. The van der Waals surface area contributed by atoms with Crippen molar-refractivity contribution in [1.29, 1.82) is 0 Å². The number of nitrogens with zero attached hydrogens (tertiary/aromatic N) is 2. The van der Waals surface area contributed by atoms with Crippen LogP contribution in [0.1, 0.15) is 68.2 Å². The largest absolute Gasteiger partial charge is 0.321 e. The van der Waals surface area contributed by atoms with Gasteiger partial charge in [0.05, 0.1) is 12.1 Å². The van der Waals surface area contributed by atoms with Crippen molar-refractivity contribution in [2.75, 3.05) is 0 Å². The van der Waals surface area contributed by atoms with E-state index in [9.17, 15) is 4.79 Å². The number of hydrogen-bond donors (Lipinski definition) is 0. The Balaban J connectivity index is 3.35. The van der Waals surface area contributed by atoms with E-state index in [1.165, 1.54) is 0 Å². The molecule has 0 bridgehead atoms. The molecule has 1 fully saturated rings. The van der Waals surface area contributed by atoms with Gasteiger partial charge in [0.2, 0.25) is 0 Å². The molecule has 2 amide bonds. The molecule has 0 saturated carbocycles. The quantitative estimate of drug-likeness (QED) is 0.701. The number of rotatable bonds is 3. The number of carbonyl (C=O) groups is 1. The summed E-state index contributed by atoms with van der Waals surface area (Å²) in [6.45, 7) is 21.1. The summed E-state index contributed by atoms with van der Waals surface area (Å²) in [6.07, 6.45) is 2.10. The molecule has 116 valence electrons. The highest BCUT2D eigenvalue weighted by Crippen LogP contribution is 2.39. The lowest BCUT2D eigenvalue weighted by molar-refractivity contribution is 0.121. The van der Waals surface area contributed by atoms with E-state index in [-0.39, 0.29) is 29.2 Å². The van der Waals surface area contributed by atoms with Crippen molar-refractivity contribution < 1.29 is 4.79 Å². The van der Waals surface area contributed by atoms with Crippen molar-refractivity contribution in [1.82, 2.24) is 9.80 Å². The van der Waals surface area contributed by atoms with Gasteiger partial charge in [-0.3, -0.25) is 0 Å². The number of amides is 2. The zero-order chi connectivity index (χ0) is 15.9. The van der Waals surface area contributed by atoms with Gasteiger partial charge >= 0.3 is 6.03 Å². The first-order valence-corrected chi connectivity index (χ1v) is 7.71. The Morgan fingerprint density at radius 1 is 1.10 bits per heavy atom. The van der Waals surface area contributed by atoms with Crippen LogP contribution in [-0.4, -0.2) is 39.0 Å². The molecule has 0 aromatic carbocycles. The van der Waals surface area contributed by atoms with Crippen LogP contribution in [-0.2, 0) is 0 Å². The normalized spacial score (nSPS) is 24.5. The van der Waals surface area contributed by atoms with Crippen LogP contribution in [0.5, 0.6) is 0 Å². The van der Waals surface area contributed by atoms with Gasteiger partial charge in [-0.05, 0) is 54.9 Å². The van der Waals surface area contributed by atoms with Crippen LogP contribution in [0.4, 0.5) is 4.79 Å². The predicted molar refractivity (Wildman–Crippen MR) is 85.9 cm³/mol. The third-order valence-electron chi connectivity index (χ3n) is 3.92. The van der Waals surface area contributed by atoms with Gasteiger partial charge in [-0.25, -0.2) is 4.79 Å². The van der Waals surface area contributed by atoms with Crippen LogP contribution in [0.2, 0.25) is 0 Å². The molecule has 1 heterocycles.